The lowest BCUT2D eigenvalue weighted by Gasteiger charge is -2.30. The summed E-state index contributed by atoms with van der Waals surface area (Å²) in [6.07, 6.45) is 4.99. The number of carbonyl (C=O) groups is 2. The van der Waals surface area contributed by atoms with Gasteiger partial charge in [-0.05, 0) is 37.8 Å². The maximum Gasteiger partial charge on any atom is 0.323 e. The van der Waals surface area contributed by atoms with Crippen molar-refractivity contribution in [2.45, 2.75) is 44.7 Å². The molecular formula is C16H21FN4O2. The molecule has 6 nitrogen and oxygen atoms in total. The fourth-order valence-corrected chi connectivity index (χ4v) is 3.07. The summed E-state index contributed by atoms with van der Waals surface area (Å²) in [5, 5.41) is 2.69. The Morgan fingerprint density at radius 3 is 2.78 bits per heavy atom. The minimum absolute atomic E-state index is 0.0277. The molecule has 23 heavy (non-hydrogen) atoms. The Labute approximate surface area is 134 Å². The molecule has 1 saturated carbocycles. The van der Waals surface area contributed by atoms with Crippen LogP contribution in [0.15, 0.2) is 18.3 Å². The molecule has 2 aliphatic rings. The lowest BCUT2D eigenvalue weighted by Crippen LogP contribution is -2.46. The van der Waals surface area contributed by atoms with E-state index < -0.39 is 5.82 Å². The SMILES string of the molecule is CC(=O)N(C[C@H]1CCCN1C(=O)Nc1ccc(F)cn1)C1CC1. The van der Waals surface area contributed by atoms with Gasteiger partial charge in [0.05, 0.1) is 12.2 Å². The van der Waals surface area contributed by atoms with Crippen LogP contribution in [0.4, 0.5) is 15.0 Å². The Bertz CT molecular complexity index is 588. The van der Waals surface area contributed by atoms with Crippen molar-refractivity contribution in [1.29, 1.82) is 0 Å². The van der Waals surface area contributed by atoms with Crippen molar-refractivity contribution in [2.75, 3.05) is 18.4 Å². The first-order valence-electron chi connectivity index (χ1n) is 8.01. The Morgan fingerprint density at radius 2 is 2.17 bits per heavy atom. The van der Waals surface area contributed by atoms with E-state index in [1.54, 1.807) is 11.8 Å². The second kappa shape index (κ2) is 6.52. The Balaban J connectivity index is 1.62. The maximum absolute atomic E-state index is 12.9. The average Bonchev–Trinajstić information content (AvgIpc) is 3.24. The van der Waals surface area contributed by atoms with E-state index in [4.69, 9.17) is 0 Å². The van der Waals surface area contributed by atoms with Gasteiger partial charge in [0, 0.05) is 26.1 Å². The van der Waals surface area contributed by atoms with Gasteiger partial charge in [0.15, 0.2) is 0 Å². The summed E-state index contributed by atoms with van der Waals surface area (Å²) in [4.78, 5) is 31.7. The zero-order chi connectivity index (χ0) is 16.4. The van der Waals surface area contributed by atoms with Gasteiger partial charge >= 0.3 is 6.03 Å². The Morgan fingerprint density at radius 1 is 1.39 bits per heavy atom. The third-order valence-corrected chi connectivity index (χ3v) is 4.40. The number of nitrogens with zero attached hydrogens (tertiary/aromatic N) is 3. The number of amides is 3. The molecule has 1 N–H and O–H groups in total. The minimum Gasteiger partial charge on any atom is -0.338 e. The molecule has 3 amide bonds. The first-order valence-corrected chi connectivity index (χ1v) is 8.01. The van der Waals surface area contributed by atoms with Crippen molar-refractivity contribution >= 4 is 17.8 Å². The van der Waals surface area contributed by atoms with Gasteiger partial charge in [-0.1, -0.05) is 0 Å². The molecule has 0 radical (unpaired) electrons. The summed E-state index contributed by atoms with van der Waals surface area (Å²) in [7, 11) is 0. The molecule has 1 aromatic rings. The summed E-state index contributed by atoms with van der Waals surface area (Å²) < 4.78 is 12.9. The van der Waals surface area contributed by atoms with Crippen LogP contribution in [-0.4, -0.2) is 51.9 Å². The van der Waals surface area contributed by atoms with Crippen LogP contribution in [0.3, 0.4) is 0 Å². The van der Waals surface area contributed by atoms with E-state index in [9.17, 15) is 14.0 Å². The first kappa shape index (κ1) is 15.7. The van der Waals surface area contributed by atoms with Crippen molar-refractivity contribution in [3.8, 4) is 0 Å². The predicted octanol–water partition coefficient (Wildman–Crippen LogP) is 2.23. The van der Waals surface area contributed by atoms with Crippen molar-refractivity contribution in [3.63, 3.8) is 0 Å². The molecule has 0 unspecified atom stereocenters. The number of aromatic nitrogens is 1. The van der Waals surface area contributed by atoms with Crippen molar-refractivity contribution in [1.82, 2.24) is 14.8 Å². The Kier molecular flexibility index (Phi) is 4.45. The molecule has 0 spiro atoms. The van der Waals surface area contributed by atoms with Crippen LogP contribution in [0.25, 0.3) is 0 Å². The van der Waals surface area contributed by atoms with Gasteiger partial charge in [-0.15, -0.1) is 0 Å². The number of hydrogen-bond donors (Lipinski definition) is 1. The highest BCUT2D eigenvalue weighted by molar-refractivity contribution is 5.88. The molecule has 1 aromatic heterocycles. The fraction of sp³-hybridized carbons (Fsp3) is 0.562. The summed E-state index contributed by atoms with van der Waals surface area (Å²) in [6, 6.07) is 2.82. The molecule has 0 aromatic carbocycles. The molecule has 2 fully saturated rings. The molecule has 124 valence electrons. The highest BCUT2D eigenvalue weighted by atomic mass is 19.1. The second-order valence-corrected chi connectivity index (χ2v) is 6.18. The Hall–Kier alpha value is -2.18. The molecule has 1 aliphatic heterocycles. The number of hydrogen-bond acceptors (Lipinski definition) is 3. The van der Waals surface area contributed by atoms with E-state index in [0.717, 1.165) is 31.9 Å². The van der Waals surface area contributed by atoms with Gasteiger partial charge in [0.1, 0.15) is 11.6 Å². The fourth-order valence-electron chi connectivity index (χ4n) is 3.07. The minimum atomic E-state index is -0.441. The van der Waals surface area contributed by atoms with E-state index in [2.05, 4.69) is 10.3 Å². The smallest absolute Gasteiger partial charge is 0.323 e. The molecule has 3 rings (SSSR count). The standard InChI is InChI=1S/C16H21FN4O2/c1-11(22)21(13-5-6-13)10-14-3-2-8-20(14)16(23)19-15-7-4-12(17)9-18-15/h4,7,9,13-14H,2-3,5-6,8,10H2,1H3,(H,18,19,23)/t14-/m1/s1. The van der Waals surface area contributed by atoms with Gasteiger partial charge in [0.25, 0.3) is 0 Å². The third-order valence-electron chi connectivity index (χ3n) is 4.40. The van der Waals surface area contributed by atoms with Gasteiger partial charge in [-0.25, -0.2) is 14.2 Å². The maximum atomic E-state index is 12.9. The predicted molar refractivity (Wildman–Crippen MR) is 83.4 cm³/mol. The topological polar surface area (TPSA) is 65.5 Å². The number of anilines is 1. The van der Waals surface area contributed by atoms with E-state index in [1.165, 1.54) is 12.1 Å². The number of pyridine rings is 1. The van der Waals surface area contributed by atoms with E-state index in [0.29, 0.717) is 24.9 Å². The molecule has 7 heteroatoms. The van der Waals surface area contributed by atoms with E-state index >= 15 is 0 Å². The largest absolute Gasteiger partial charge is 0.338 e. The highest BCUT2D eigenvalue weighted by Crippen LogP contribution is 2.29. The molecular weight excluding hydrogens is 299 g/mol. The average molecular weight is 320 g/mol. The number of likely N-dealkylation sites (tertiary alicyclic amines) is 1. The van der Waals surface area contributed by atoms with Gasteiger partial charge in [-0.3, -0.25) is 10.1 Å². The van der Waals surface area contributed by atoms with Gasteiger partial charge in [-0.2, -0.15) is 0 Å². The molecule has 2 heterocycles. The van der Waals surface area contributed by atoms with Gasteiger partial charge < -0.3 is 9.80 Å². The van der Waals surface area contributed by atoms with Crippen molar-refractivity contribution < 1.29 is 14.0 Å². The van der Waals surface area contributed by atoms with Crippen molar-refractivity contribution in [3.05, 3.63) is 24.1 Å². The van der Waals surface area contributed by atoms with Crippen LogP contribution in [0.2, 0.25) is 0 Å². The van der Waals surface area contributed by atoms with Crippen LogP contribution in [0, 0.1) is 5.82 Å². The highest BCUT2D eigenvalue weighted by Gasteiger charge is 2.36. The summed E-state index contributed by atoms with van der Waals surface area (Å²) in [5.41, 5.74) is 0. The number of carbonyl (C=O) groups excluding carboxylic acids is 2. The molecule has 1 aliphatic carbocycles. The summed E-state index contributed by atoms with van der Waals surface area (Å²) >= 11 is 0. The first-order chi connectivity index (χ1) is 11.0. The number of halogens is 1. The zero-order valence-electron chi connectivity index (χ0n) is 13.2. The lowest BCUT2D eigenvalue weighted by atomic mass is 10.2. The molecule has 1 saturated heterocycles. The second-order valence-electron chi connectivity index (χ2n) is 6.18. The monoisotopic (exact) mass is 320 g/mol. The van der Waals surface area contributed by atoms with E-state index in [1.807, 2.05) is 4.90 Å². The molecule has 0 bridgehead atoms. The number of urea groups is 1. The number of nitrogens with one attached hydrogen (secondary N) is 1. The third kappa shape index (κ3) is 3.78. The molecule has 1 atom stereocenters. The van der Waals surface area contributed by atoms with Crippen LogP contribution in [0.1, 0.15) is 32.6 Å². The quantitative estimate of drug-likeness (QED) is 0.925. The lowest BCUT2D eigenvalue weighted by molar-refractivity contribution is -0.130. The van der Waals surface area contributed by atoms with Gasteiger partial charge in [0.2, 0.25) is 5.91 Å². The zero-order valence-corrected chi connectivity index (χ0v) is 13.2. The van der Waals surface area contributed by atoms with Crippen LogP contribution in [0.5, 0.6) is 0 Å². The summed E-state index contributed by atoms with van der Waals surface area (Å²) in [5.74, 6) is -0.0452. The number of rotatable bonds is 4. The van der Waals surface area contributed by atoms with Crippen LogP contribution in [-0.2, 0) is 4.79 Å². The normalized spacial score (nSPS) is 20.4. The van der Waals surface area contributed by atoms with E-state index in [-0.39, 0.29) is 18.0 Å². The van der Waals surface area contributed by atoms with Crippen LogP contribution < -0.4 is 5.32 Å². The van der Waals surface area contributed by atoms with Crippen LogP contribution >= 0.6 is 0 Å². The summed E-state index contributed by atoms with van der Waals surface area (Å²) in [6.45, 7) is 2.83. The van der Waals surface area contributed by atoms with Crippen molar-refractivity contribution in [2.24, 2.45) is 0 Å².